The molecule has 6 heteroatoms. The van der Waals surface area contributed by atoms with Crippen LogP contribution in [0, 0.1) is 0 Å². The number of aliphatic imine (C=N–C) groups is 2. The average Bonchev–Trinajstić information content (AvgIpc) is 3.12. The van der Waals surface area contributed by atoms with Gasteiger partial charge in [-0.15, -0.1) is 0 Å². The Hall–Kier alpha value is -3.15. The molecular formula is C21H25N3O3. The molecule has 142 valence electrons. The van der Waals surface area contributed by atoms with Crippen molar-refractivity contribution in [2.45, 2.75) is 26.8 Å². The van der Waals surface area contributed by atoms with E-state index in [1.807, 2.05) is 18.2 Å². The molecule has 0 saturated heterocycles. The Morgan fingerprint density at radius 3 is 2.93 bits per heavy atom. The van der Waals surface area contributed by atoms with Crippen molar-refractivity contribution in [3.8, 4) is 5.75 Å². The minimum Gasteiger partial charge on any atom is -0.507 e. The summed E-state index contributed by atoms with van der Waals surface area (Å²) in [6.45, 7) is 8.36. The second-order valence-electron chi connectivity index (χ2n) is 6.07. The van der Waals surface area contributed by atoms with E-state index in [-0.39, 0.29) is 17.2 Å². The zero-order chi connectivity index (χ0) is 19.8. The number of nitrogens with zero attached hydrogens (tertiary/aromatic N) is 2. The van der Waals surface area contributed by atoms with Crippen LogP contribution >= 0.6 is 0 Å². The highest BCUT2D eigenvalue weighted by molar-refractivity contribution is 6.04. The lowest BCUT2D eigenvalue weighted by Crippen LogP contribution is -2.25. The van der Waals surface area contributed by atoms with Gasteiger partial charge >= 0.3 is 0 Å². The number of rotatable bonds is 7. The Morgan fingerprint density at radius 2 is 2.22 bits per heavy atom. The van der Waals surface area contributed by atoms with Crippen LogP contribution in [-0.2, 0) is 17.8 Å². The van der Waals surface area contributed by atoms with Gasteiger partial charge in [-0.1, -0.05) is 24.8 Å². The Bertz CT molecular complexity index is 848. The van der Waals surface area contributed by atoms with Crippen LogP contribution in [0.5, 0.6) is 5.75 Å². The van der Waals surface area contributed by atoms with E-state index in [0.29, 0.717) is 24.4 Å². The number of hydrogen-bond donors (Lipinski definition) is 2. The molecule has 6 nitrogen and oxygen atoms in total. The third kappa shape index (κ3) is 5.41. The van der Waals surface area contributed by atoms with Crippen LogP contribution < -0.4 is 10.1 Å². The van der Waals surface area contributed by atoms with E-state index in [1.54, 1.807) is 27.0 Å². The van der Waals surface area contributed by atoms with E-state index in [4.69, 9.17) is 4.74 Å². The number of aliphatic hydroxyl groups excluding tert-OH is 1. The first-order chi connectivity index (χ1) is 13.0. The maximum absolute atomic E-state index is 12.5. The smallest absolute Gasteiger partial charge is 0.254 e. The van der Waals surface area contributed by atoms with E-state index in [0.717, 1.165) is 23.3 Å². The maximum Gasteiger partial charge on any atom is 0.254 e. The van der Waals surface area contributed by atoms with Gasteiger partial charge in [-0.25, -0.2) is 4.99 Å². The van der Waals surface area contributed by atoms with Crippen LogP contribution in [0.25, 0.3) is 0 Å². The third-order valence-electron chi connectivity index (χ3n) is 4.16. The number of allylic oxidation sites excluding steroid dienone is 3. The highest BCUT2D eigenvalue weighted by atomic mass is 16.5. The molecular weight excluding hydrogens is 342 g/mol. The summed E-state index contributed by atoms with van der Waals surface area (Å²) >= 11 is 0. The Balaban J connectivity index is 2.02. The molecule has 2 rings (SSSR count). The van der Waals surface area contributed by atoms with Gasteiger partial charge in [0.05, 0.1) is 12.2 Å². The molecule has 27 heavy (non-hydrogen) atoms. The predicted octanol–water partition coefficient (Wildman–Crippen LogP) is 3.30. The van der Waals surface area contributed by atoms with Crippen molar-refractivity contribution in [1.82, 2.24) is 5.32 Å². The molecule has 0 saturated carbocycles. The van der Waals surface area contributed by atoms with Gasteiger partial charge in [0, 0.05) is 25.7 Å². The molecule has 0 aromatic heterocycles. The Kier molecular flexibility index (Phi) is 7.11. The van der Waals surface area contributed by atoms with E-state index in [9.17, 15) is 9.90 Å². The van der Waals surface area contributed by atoms with Crippen LogP contribution in [0.2, 0.25) is 0 Å². The van der Waals surface area contributed by atoms with Crippen molar-refractivity contribution in [1.29, 1.82) is 0 Å². The second kappa shape index (κ2) is 9.52. The molecule has 1 aliphatic rings. The number of fused-ring (bicyclic) bond motifs is 1. The van der Waals surface area contributed by atoms with Gasteiger partial charge in [-0.2, -0.15) is 0 Å². The zero-order valence-corrected chi connectivity index (χ0v) is 16.0. The van der Waals surface area contributed by atoms with Crippen LogP contribution in [0.15, 0.2) is 63.8 Å². The minimum atomic E-state index is -0.361. The highest BCUT2D eigenvalue weighted by Gasteiger charge is 2.15. The molecule has 2 N–H and O–H groups in total. The van der Waals surface area contributed by atoms with Crippen LogP contribution in [0.3, 0.4) is 0 Å². The molecule has 1 amide bonds. The van der Waals surface area contributed by atoms with Crippen LogP contribution in [0.1, 0.15) is 25.0 Å². The molecule has 1 heterocycles. The molecule has 0 spiro atoms. The Labute approximate surface area is 159 Å². The summed E-state index contributed by atoms with van der Waals surface area (Å²) < 4.78 is 5.48. The number of aliphatic hydroxyl groups is 1. The lowest BCUT2D eigenvalue weighted by molar-refractivity contribution is -0.117. The number of nitrogens with one attached hydrogen (secondary N) is 1. The molecule has 1 aliphatic heterocycles. The van der Waals surface area contributed by atoms with Gasteiger partial charge < -0.3 is 15.2 Å². The van der Waals surface area contributed by atoms with Crippen molar-refractivity contribution in [3.63, 3.8) is 0 Å². The summed E-state index contributed by atoms with van der Waals surface area (Å²) in [7, 11) is 1.61. The highest BCUT2D eigenvalue weighted by Crippen LogP contribution is 2.25. The van der Waals surface area contributed by atoms with E-state index >= 15 is 0 Å². The predicted molar refractivity (Wildman–Crippen MR) is 109 cm³/mol. The number of carbonyl (C=O) groups is 1. The van der Waals surface area contributed by atoms with E-state index < -0.39 is 0 Å². The van der Waals surface area contributed by atoms with Crippen molar-refractivity contribution in [2.24, 2.45) is 9.98 Å². The number of hydrogen-bond acceptors (Lipinski definition) is 4. The summed E-state index contributed by atoms with van der Waals surface area (Å²) in [5.41, 5.74) is 3.41. The summed E-state index contributed by atoms with van der Waals surface area (Å²) in [6.07, 6.45) is 5.26. The molecule has 0 aliphatic carbocycles. The summed E-state index contributed by atoms with van der Waals surface area (Å²) in [6, 6.07) is 5.88. The largest absolute Gasteiger partial charge is 0.507 e. The first-order valence-corrected chi connectivity index (χ1v) is 8.70. The first kappa shape index (κ1) is 20.2. The molecule has 0 unspecified atom stereocenters. The monoisotopic (exact) mass is 367 g/mol. The minimum absolute atomic E-state index is 0.162. The lowest BCUT2D eigenvalue weighted by Gasteiger charge is -2.10. The fourth-order valence-electron chi connectivity index (χ4n) is 2.60. The topological polar surface area (TPSA) is 83.3 Å². The van der Waals surface area contributed by atoms with Gasteiger partial charge in [0.15, 0.2) is 0 Å². The number of benzene rings is 1. The summed E-state index contributed by atoms with van der Waals surface area (Å²) in [5, 5.41) is 13.1. The number of amides is 1. The summed E-state index contributed by atoms with van der Waals surface area (Å²) in [5.74, 6) is 0.384. The summed E-state index contributed by atoms with van der Waals surface area (Å²) in [4.78, 5) is 20.3. The SMILES string of the molecule is C=C(/C=C(O)\C(=C/C)C(=O)NCc1ccc2c(c1)CCO2)C(C)=NC=NC. The standard InChI is InChI=1S/C21H25N3O3/c1-5-18(19(25)10-14(2)15(3)24-13-22-4)21(26)23-12-16-6-7-20-17(11-16)8-9-27-20/h5-7,10-11,13,25H,2,8-9,12H2,1,3-4H3,(H,23,26)/b18-5+,19-10+,22-13?,24-15?. The molecule has 0 atom stereocenters. The fourth-order valence-corrected chi connectivity index (χ4v) is 2.60. The van der Waals surface area contributed by atoms with Crippen molar-refractivity contribution < 1.29 is 14.6 Å². The van der Waals surface area contributed by atoms with Crippen molar-refractivity contribution >= 4 is 18.0 Å². The Morgan fingerprint density at radius 1 is 1.44 bits per heavy atom. The molecule has 1 aromatic rings. The second-order valence-corrected chi connectivity index (χ2v) is 6.07. The van der Waals surface area contributed by atoms with Crippen LogP contribution in [-0.4, -0.2) is 36.7 Å². The maximum atomic E-state index is 12.5. The lowest BCUT2D eigenvalue weighted by atomic mass is 10.1. The normalized spacial score (nSPS) is 14.9. The van der Waals surface area contributed by atoms with Crippen molar-refractivity contribution in [3.05, 3.63) is 65.0 Å². The van der Waals surface area contributed by atoms with E-state index in [2.05, 4.69) is 21.9 Å². The molecule has 0 radical (unpaired) electrons. The van der Waals surface area contributed by atoms with Crippen molar-refractivity contribution in [2.75, 3.05) is 13.7 Å². The zero-order valence-electron chi connectivity index (χ0n) is 16.0. The molecule has 1 aromatic carbocycles. The molecule has 0 fully saturated rings. The average molecular weight is 367 g/mol. The van der Waals surface area contributed by atoms with Gasteiger partial charge in [0.25, 0.3) is 5.91 Å². The number of carbonyl (C=O) groups excluding carboxylic acids is 1. The van der Waals surface area contributed by atoms with E-state index in [1.165, 1.54) is 12.4 Å². The van der Waals surface area contributed by atoms with Gasteiger partial charge in [0.2, 0.25) is 0 Å². The fraction of sp³-hybridized carbons (Fsp3) is 0.286. The third-order valence-corrected chi connectivity index (χ3v) is 4.16. The first-order valence-electron chi connectivity index (χ1n) is 8.70. The van der Waals surface area contributed by atoms with Gasteiger partial charge in [-0.05, 0) is 42.7 Å². The van der Waals surface area contributed by atoms with Crippen LogP contribution in [0.4, 0.5) is 0 Å². The van der Waals surface area contributed by atoms with Gasteiger partial charge in [-0.3, -0.25) is 9.79 Å². The molecule has 0 bridgehead atoms. The quantitative estimate of drug-likeness (QED) is 0.255. The number of ether oxygens (including phenoxy) is 1. The van der Waals surface area contributed by atoms with Gasteiger partial charge in [0.1, 0.15) is 17.8 Å².